The average Bonchev–Trinajstić information content (AvgIpc) is 2.92. The van der Waals surface area contributed by atoms with Crippen LogP contribution in [0.2, 0.25) is 0 Å². The molecule has 0 aliphatic carbocycles. The second kappa shape index (κ2) is 5.69. The van der Waals surface area contributed by atoms with Gasteiger partial charge in [0.2, 0.25) is 0 Å². The lowest BCUT2D eigenvalue weighted by atomic mass is 10.3. The molecule has 108 valence electrons. The van der Waals surface area contributed by atoms with Crippen LogP contribution in [0, 0.1) is 11.6 Å². The molecule has 0 bridgehead atoms. The van der Waals surface area contributed by atoms with E-state index in [0.717, 1.165) is 18.7 Å². The quantitative estimate of drug-likeness (QED) is 0.800. The fourth-order valence-electron chi connectivity index (χ4n) is 1.89. The van der Waals surface area contributed by atoms with Gasteiger partial charge in [0.15, 0.2) is 17.3 Å². The molecule has 0 radical (unpaired) electrons. The minimum atomic E-state index is -0.873. The van der Waals surface area contributed by atoms with Gasteiger partial charge in [0.05, 0.1) is 6.20 Å². The molecule has 0 saturated heterocycles. The normalized spacial score (nSPS) is 11.0. The fourth-order valence-corrected chi connectivity index (χ4v) is 2.80. The van der Waals surface area contributed by atoms with Gasteiger partial charge in [0.25, 0.3) is 0 Å². The van der Waals surface area contributed by atoms with Crippen LogP contribution in [0.4, 0.5) is 14.6 Å². The molecule has 21 heavy (non-hydrogen) atoms. The van der Waals surface area contributed by atoms with Crippen molar-refractivity contribution in [1.82, 2.24) is 14.4 Å². The predicted molar refractivity (Wildman–Crippen MR) is 77.6 cm³/mol. The Morgan fingerprint density at radius 1 is 1.29 bits per heavy atom. The zero-order valence-electron chi connectivity index (χ0n) is 11.2. The number of hydrogen-bond acceptors (Lipinski definition) is 4. The molecule has 0 amide bonds. The first-order valence-electron chi connectivity index (χ1n) is 6.38. The zero-order valence-corrected chi connectivity index (χ0v) is 12.0. The molecular formula is C14H12F2N4S. The van der Waals surface area contributed by atoms with Gasteiger partial charge in [-0.3, -0.25) is 0 Å². The number of halogens is 2. The number of nitrogens with one attached hydrogen (secondary N) is 1. The van der Waals surface area contributed by atoms with E-state index < -0.39 is 11.6 Å². The van der Waals surface area contributed by atoms with E-state index in [1.807, 2.05) is 23.7 Å². The molecule has 0 atom stereocenters. The number of aromatic nitrogens is 3. The van der Waals surface area contributed by atoms with Gasteiger partial charge in [-0.25, -0.2) is 18.7 Å². The number of benzene rings is 1. The summed E-state index contributed by atoms with van der Waals surface area (Å²) in [6.45, 7) is 2.71. The maximum Gasteiger partial charge on any atom is 0.170 e. The molecule has 0 aliphatic rings. The third-order valence-electron chi connectivity index (χ3n) is 2.81. The maximum absolute atomic E-state index is 13.3. The molecular weight excluding hydrogens is 294 g/mol. The van der Waals surface area contributed by atoms with Crippen LogP contribution in [0.5, 0.6) is 0 Å². The largest absolute Gasteiger partial charge is 0.369 e. The molecule has 0 fully saturated rings. The Bertz CT molecular complexity index is 788. The average molecular weight is 306 g/mol. The van der Waals surface area contributed by atoms with E-state index >= 15 is 0 Å². The van der Waals surface area contributed by atoms with Crippen LogP contribution < -0.4 is 5.32 Å². The summed E-state index contributed by atoms with van der Waals surface area (Å²) in [5.74, 6) is -1.03. The lowest BCUT2D eigenvalue weighted by Gasteiger charge is -2.08. The minimum absolute atomic E-state index is 0.569. The van der Waals surface area contributed by atoms with Gasteiger partial charge in [0, 0.05) is 23.8 Å². The van der Waals surface area contributed by atoms with E-state index in [2.05, 4.69) is 15.3 Å². The summed E-state index contributed by atoms with van der Waals surface area (Å²) in [6.07, 6.45) is 5.32. The van der Waals surface area contributed by atoms with E-state index in [-0.39, 0.29) is 0 Å². The van der Waals surface area contributed by atoms with Crippen molar-refractivity contribution in [1.29, 1.82) is 0 Å². The summed E-state index contributed by atoms with van der Waals surface area (Å²) in [5, 5.41) is 3.76. The van der Waals surface area contributed by atoms with Crippen molar-refractivity contribution in [2.24, 2.45) is 0 Å². The monoisotopic (exact) mass is 306 g/mol. The van der Waals surface area contributed by atoms with Crippen LogP contribution in [0.15, 0.2) is 46.7 Å². The van der Waals surface area contributed by atoms with E-state index in [1.165, 1.54) is 17.8 Å². The smallest absolute Gasteiger partial charge is 0.170 e. The number of nitrogens with zero attached hydrogens (tertiary/aromatic N) is 3. The summed E-state index contributed by atoms with van der Waals surface area (Å²) in [5.41, 5.74) is 0.673. The van der Waals surface area contributed by atoms with Crippen molar-refractivity contribution < 1.29 is 8.78 Å². The van der Waals surface area contributed by atoms with Crippen LogP contribution in [-0.2, 0) is 0 Å². The van der Waals surface area contributed by atoms with E-state index in [9.17, 15) is 8.78 Å². The van der Waals surface area contributed by atoms with Gasteiger partial charge in [-0.05, 0) is 25.1 Å². The van der Waals surface area contributed by atoms with E-state index in [4.69, 9.17) is 0 Å². The number of imidazole rings is 1. The fraction of sp³-hybridized carbons (Fsp3) is 0.143. The van der Waals surface area contributed by atoms with Crippen molar-refractivity contribution >= 4 is 23.2 Å². The lowest BCUT2D eigenvalue weighted by molar-refractivity contribution is 0.506. The first-order valence-corrected chi connectivity index (χ1v) is 7.19. The molecule has 2 heterocycles. The standard InChI is InChI=1S/C14H12F2N4S/c1-2-17-12-8-20-6-5-18-13(20)14(19-12)21-9-3-4-10(15)11(16)7-9/h3-8,17H,2H2,1H3. The van der Waals surface area contributed by atoms with Gasteiger partial charge in [-0.2, -0.15) is 0 Å². The Morgan fingerprint density at radius 3 is 2.90 bits per heavy atom. The molecule has 3 aromatic rings. The number of rotatable bonds is 4. The van der Waals surface area contributed by atoms with Crippen molar-refractivity contribution in [2.45, 2.75) is 16.8 Å². The summed E-state index contributed by atoms with van der Waals surface area (Å²) in [6, 6.07) is 3.78. The maximum atomic E-state index is 13.3. The van der Waals surface area contributed by atoms with Gasteiger partial charge >= 0.3 is 0 Å². The zero-order chi connectivity index (χ0) is 14.8. The Labute approximate surface area is 124 Å². The van der Waals surface area contributed by atoms with Crippen molar-refractivity contribution in [3.63, 3.8) is 0 Å². The first-order chi connectivity index (χ1) is 10.2. The molecule has 3 rings (SSSR count). The molecule has 2 aromatic heterocycles. The number of fused-ring (bicyclic) bond motifs is 1. The van der Waals surface area contributed by atoms with Crippen LogP contribution in [0.25, 0.3) is 5.65 Å². The van der Waals surface area contributed by atoms with Crippen molar-refractivity contribution in [3.8, 4) is 0 Å². The first kappa shape index (κ1) is 13.8. The highest BCUT2D eigenvalue weighted by atomic mass is 32.2. The Balaban J connectivity index is 2.01. The summed E-state index contributed by atoms with van der Waals surface area (Å²) >= 11 is 1.24. The van der Waals surface area contributed by atoms with Gasteiger partial charge in [-0.15, -0.1) is 0 Å². The molecule has 0 spiro atoms. The third kappa shape index (κ3) is 2.82. The predicted octanol–water partition coefficient (Wildman–Crippen LogP) is 3.59. The second-order valence-electron chi connectivity index (χ2n) is 4.30. The highest BCUT2D eigenvalue weighted by molar-refractivity contribution is 7.99. The summed E-state index contributed by atoms with van der Waals surface area (Å²) in [7, 11) is 0. The SMILES string of the molecule is CCNc1cn2ccnc2c(Sc2ccc(F)c(F)c2)n1. The summed E-state index contributed by atoms with van der Waals surface area (Å²) < 4.78 is 28.1. The van der Waals surface area contributed by atoms with E-state index in [0.29, 0.717) is 21.4 Å². The van der Waals surface area contributed by atoms with Crippen LogP contribution >= 0.6 is 11.8 Å². The highest BCUT2D eigenvalue weighted by Crippen LogP contribution is 2.30. The molecule has 0 saturated carbocycles. The Kier molecular flexibility index (Phi) is 3.74. The molecule has 0 unspecified atom stereocenters. The summed E-state index contributed by atoms with van der Waals surface area (Å²) in [4.78, 5) is 9.27. The molecule has 7 heteroatoms. The third-order valence-corrected chi connectivity index (χ3v) is 3.76. The van der Waals surface area contributed by atoms with E-state index in [1.54, 1.807) is 6.20 Å². The number of hydrogen-bond donors (Lipinski definition) is 1. The van der Waals surface area contributed by atoms with Crippen LogP contribution in [0.3, 0.4) is 0 Å². The van der Waals surface area contributed by atoms with Crippen molar-refractivity contribution in [2.75, 3.05) is 11.9 Å². The number of anilines is 1. The molecule has 1 N–H and O–H groups in total. The highest BCUT2D eigenvalue weighted by Gasteiger charge is 2.11. The van der Waals surface area contributed by atoms with Gasteiger partial charge < -0.3 is 9.72 Å². The minimum Gasteiger partial charge on any atom is -0.369 e. The Morgan fingerprint density at radius 2 is 2.14 bits per heavy atom. The van der Waals surface area contributed by atoms with Crippen LogP contribution in [0.1, 0.15) is 6.92 Å². The second-order valence-corrected chi connectivity index (χ2v) is 5.36. The molecule has 0 aliphatic heterocycles. The molecule has 4 nitrogen and oxygen atoms in total. The van der Waals surface area contributed by atoms with Crippen molar-refractivity contribution in [3.05, 3.63) is 48.4 Å². The Hall–Kier alpha value is -2.15. The topological polar surface area (TPSA) is 42.2 Å². The lowest BCUT2D eigenvalue weighted by Crippen LogP contribution is -2.02. The van der Waals surface area contributed by atoms with Crippen LogP contribution in [-0.4, -0.2) is 20.9 Å². The van der Waals surface area contributed by atoms with Gasteiger partial charge in [-0.1, -0.05) is 11.8 Å². The van der Waals surface area contributed by atoms with Gasteiger partial charge in [0.1, 0.15) is 10.8 Å². The molecule has 1 aromatic carbocycles.